The van der Waals surface area contributed by atoms with Gasteiger partial charge in [-0.2, -0.15) is 4.31 Å². The fourth-order valence-corrected chi connectivity index (χ4v) is 3.73. The average Bonchev–Trinajstić information content (AvgIpc) is 2.38. The van der Waals surface area contributed by atoms with Crippen molar-refractivity contribution in [3.05, 3.63) is 29.1 Å². The molecule has 0 saturated heterocycles. The molecular formula is C13H20FNO3S. The van der Waals surface area contributed by atoms with Gasteiger partial charge in [-0.25, -0.2) is 12.8 Å². The first kappa shape index (κ1) is 16.1. The number of rotatable bonds is 6. The lowest BCUT2D eigenvalue weighted by Gasteiger charge is -2.21. The van der Waals surface area contributed by atoms with Crippen LogP contribution < -0.4 is 0 Å². The Bertz CT molecular complexity index is 543. The van der Waals surface area contributed by atoms with Gasteiger partial charge in [-0.15, -0.1) is 0 Å². The Hall–Kier alpha value is -0.980. The molecule has 6 heteroatoms. The highest BCUT2D eigenvalue weighted by atomic mass is 32.2. The molecule has 0 aliphatic heterocycles. The third-order valence-electron chi connectivity index (χ3n) is 2.98. The topological polar surface area (TPSA) is 57.6 Å². The predicted octanol–water partition coefficient (Wildman–Crippen LogP) is 2.05. The van der Waals surface area contributed by atoms with Crippen molar-refractivity contribution in [3.8, 4) is 0 Å². The monoisotopic (exact) mass is 289 g/mol. The zero-order valence-electron chi connectivity index (χ0n) is 11.5. The Kier molecular flexibility index (Phi) is 5.46. The summed E-state index contributed by atoms with van der Waals surface area (Å²) in [5, 5.41) is 9.07. The molecule has 0 aliphatic carbocycles. The Morgan fingerprint density at radius 1 is 1.32 bits per heavy atom. The molecule has 1 aromatic carbocycles. The first-order valence-corrected chi connectivity index (χ1v) is 7.72. The van der Waals surface area contributed by atoms with Gasteiger partial charge in [-0.1, -0.05) is 13.8 Å². The smallest absolute Gasteiger partial charge is 0.243 e. The number of halogens is 1. The van der Waals surface area contributed by atoms with Crippen LogP contribution in [-0.4, -0.2) is 30.9 Å². The van der Waals surface area contributed by atoms with E-state index in [9.17, 15) is 12.8 Å². The number of aliphatic hydroxyl groups is 1. The zero-order valence-corrected chi connectivity index (χ0v) is 12.3. The third kappa shape index (κ3) is 3.32. The summed E-state index contributed by atoms with van der Waals surface area (Å²) in [4.78, 5) is -0.0631. The largest absolute Gasteiger partial charge is 0.392 e. The molecule has 1 rings (SSSR count). The Morgan fingerprint density at radius 3 is 2.42 bits per heavy atom. The molecule has 108 valence electrons. The van der Waals surface area contributed by atoms with E-state index in [1.807, 2.05) is 6.92 Å². The minimum atomic E-state index is -3.72. The van der Waals surface area contributed by atoms with Crippen molar-refractivity contribution in [3.63, 3.8) is 0 Å². The van der Waals surface area contributed by atoms with Crippen LogP contribution in [0.3, 0.4) is 0 Å². The second kappa shape index (κ2) is 6.45. The molecule has 1 N–H and O–H groups in total. The zero-order chi connectivity index (χ0) is 14.6. The van der Waals surface area contributed by atoms with E-state index in [1.54, 1.807) is 6.92 Å². The van der Waals surface area contributed by atoms with Gasteiger partial charge in [0, 0.05) is 18.7 Å². The Morgan fingerprint density at radius 2 is 1.95 bits per heavy atom. The molecule has 0 radical (unpaired) electrons. The van der Waals surface area contributed by atoms with Crippen molar-refractivity contribution in [1.29, 1.82) is 0 Å². The quantitative estimate of drug-likeness (QED) is 0.872. The first-order chi connectivity index (χ1) is 8.88. The van der Waals surface area contributed by atoms with Crippen molar-refractivity contribution < 1.29 is 17.9 Å². The molecule has 0 saturated carbocycles. The van der Waals surface area contributed by atoms with Gasteiger partial charge < -0.3 is 5.11 Å². The second-order valence-electron chi connectivity index (χ2n) is 4.36. The van der Waals surface area contributed by atoms with Crippen molar-refractivity contribution >= 4 is 10.0 Å². The number of benzene rings is 1. The van der Waals surface area contributed by atoms with Crippen LogP contribution in [0.1, 0.15) is 31.4 Å². The fourth-order valence-electron chi connectivity index (χ4n) is 1.90. The van der Waals surface area contributed by atoms with Crippen LogP contribution in [0.15, 0.2) is 17.0 Å². The highest BCUT2D eigenvalue weighted by molar-refractivity contribution is 7.89. The van der Waals surface area contributed by atoms with E-state index in [1.165, 1.54) is 17.3 Å². The van der Waals surface area contributed by atoms with E-state index in [0.717, 1.165) is 6.07 Å². The lowest BCUT2D eigenvalue weighted by atomic mass is 10.1. The lowest BCUT2D eigenvalue weighted by molar-refractivity contribution is 0.280. The molecule has 0 aromatic heterocycles. The number of aliphatic hydroxyl groups excluding tert-OH is 1. The number of hydrogen-bond acceptors (Lipinski definition) is 3. The van der Waals surface area contributed by atoms with Crippen molar-refractivity contribution in [2.75, 3.05) is 13.1 Å². The minimum Gasteiger partial charge on any atom is -0.392 e. The summed E-state index contributed by atoms with van der Waals surface area (Å²) in [6.45, 7) is 5.40. The number of hydrogen-bond donors (Lipinski definition) is 1. The van der Waals surface area contributed by atoms with Gasteiger partial charge >= 0.3 is 0 Å². The summed E-state index contributed by atoms with van der Waals surface area (Å²) in [5.74, 6) is -0.613. The molecule has 4 nitrogen and oxygen atoms in total. The SMILES string of the molecule is CCCN(CC)S(=O)(=O)c1cc(CO)cc(F)c1C. The van der Waals surface area contributed by atoms with E-state index < -0.39 is 15.8 Å². The molecule has 0 amide bonds. The summed E-state index contributed by atoms with van der Waals surface area (Å²) in [7, 11) is -3.72. The molecule has 0 atom stereocenters. The van der Waals surface area contributed by atoms with E-state index in [-0.39, 0.29) is 22.6 Å². The molecule has 1 aromatic rings. The van der Waals surface area contributed by atoms with Gasteiger partial charge in [-0.3, -0.25) is 0 Å². The van der Waals surface area contributed by atoms with Crippen molar-refractivity contribution in [2.24, 2.45) is 0 Å². The molecule has 0 fully saturated rings. The van der Waals surface area contributed by atoms with Gasteiger partial charge in [0.1, 0.15) is 5.82 Å². The van der Waals surface area contributed by atoms with Gasteiger partial charge in [0.05, 0.1) is 11.5 Å². The molecule has 19 heavy (non-hydrogen) atoms. The minimum absolute atomic E-state index is 0.0631. The highest BCUT2D eigenvalue weighted by Crippen LogP contribution is 2.24. The van der Waals surface area contributed by atoms with E-state index >= 15 is 0 Å². The maximum absolute atomic E-state index is 13.7. The normalized spacial score (nSPS) is 12.1. The van der Waals surface area contributed by atoms with Crippen molar-refractivity contribution in [2.45, 2.75) is 38.7 Å². The van der Waals surface area contributed by atoms with Crippen LogP contribution in [0.4, 0.5) is 4.39 Å². The van der Waals surface area contributed by atoms with Gasteiger partial charge in [0.25, 0.3) is 0 Å². The van der Waals surface area contributed by atoms with Crippen LogP contribution >= 0.6 is 0 Å². The summed E-state index contributed by atoms with van der Waals surface area (Å²) in [5.41, 5.74) is 0.348. The molecule has 0 spiro atoms. The van der Waals surface area contributed by atoms with E-state index in [2.05, 4.69) is 0 Å². The summed E-state index contributed by atoms with van der Waals surface area (Å²) < 4.78 is 40.0. The highest BCUT2D eigenvalue weighted by Gasteiger charge is 2.26. The average molecular weight is 289 g/mol. The van der Waals surface area contributed by atoms with Crippen LogP contribution in [-0.2, 0) is 16.6 Å². The molecule has 0 aliphatic rings. The summed E-state index contributed by atoms with van der Waals surface area (Å²) in [6.07, 6.45) is 0.689. The summed E-state index contributed by atoms with van der Waals surface area (Å²) >= 11 is 0. The maximum atomic E-state index is 13.7. The summed E-state index contributed by atoms with van der Waals surface area (Å²) in [6, 6.07) is 2.50. The lowest BCUT2D eigenvalue weighted by Crippen LogP contribution is -2.32. The number of nitrogens with zero attached hydrogens (tertiary/aromatic N) is 1. The second-order valence-corrected chi connectivity index (χ2v) is 6.26. The van der Waals surface area contributed by atoms with E-state index in [0.29, 0.717) is 19.5 Å². The maximum Gasteiger partial charge on any atom is 0.243 e. The van der Waals surface area contributed by atoms with Gasteiger partial charge in [0.2, 0.25) is 10.0 Å². The predicted molar refractivity (Wildman–Crippen MR) is 71.8 cm³/mol. The van der Waals surface area contributed by atoms with Crippen LogP contribution in [0.2, 0.25) is 0 Å². The van der Waals surface area contributed by atoms with Gasteiger partial charge in [-0.05, 0) is 31.0 Å². The molecule has 0 bridgehead atoms. The molecule has 0 heterocycles. The Labute approximate surface area is 113 Å². The molecule has 0 unspecified atom stereocenters. The van der Waals surface area contributed by atoms with Crippen LogP contribution in [0.25, 0.3) is 0 Å². The first-order valence-electron chi connectivity index (χ1n) is 6.28. The van der Waals surface area contributed by atoms with Gasteiger partial charge in [0.15, 0.2) is 0 Å². The Balaban J connectivity index is 3.38. The third-order valence-corrected chi connectivity index (χ3v) is 5.08. The van der Waals surface area contributed by atoms with Crippen molar-refractivity contribution in [1.82, 2.24) is 4.31 Å². The number of sulfonamides is 1. The van der Waals surface area contributed by atoms with E-state index in [4.69, 9.17) is 5.11 Å². The standard InChI is InChI=1S/C13H20FNO3S/c1-4-6-15(5-2)19(17,18)13-8-11(9-16)7-12(14)10(13)3/h7-8,16H,4-6,9H2,1-3H3. The van der Waals surface area contributed by atoms with Crippen LogP contribution in [0, 0.1) is 12.7 Å². The molecular weight excluding hydrogens is 269 g/mol. The van der Waals surface area contributed by atoms with Crippen LogP contribution in [0.5, 0.6) is 0 Å². The fraction of sp³-hybridized carbons (Fsp3) is 0.538.